The van der Waals surface area contributed by atoms with Gasteiger partial charge in [0.25, 0.3) is 5.91 Å². The SMILES string of the molecule is CC1CN(C(=O)c2cc(Br)cn2C(C)C)CC(C)N1. The van der Waals surface area contributed by atoms with Crippen molar-refractivity contribution in [3.05, 3.63) is 22.4 Å². The number of hydrogen-bond donors (Lipinski definition) is 1. The Morgan fingerprint density at radius 2 is 1.95 bits per heavy atom. The standard InChI is InChI=1S/C14H22BrN3O/c1-9(2)18-8-12(15)5-13(18)14(19)17-6-10(3)16-11(4)7-17/h5,8-11,16H,6-7H2,1-4H3. The van der Waals surface area contributed by atoms with Gasteiger partial charge in [0.15, 0.2) is 0 Å². The maximum Gasteiger partial charge on any atom is 0.270 e. The molecule has 0 saturated carbocycles. The smallest absolute Gasteiger partial charge is 0.270 e. The molecule has 1 aliphatic rings. The van der Waals surface area contributed by atoms with E-state index in [4.69, 9.17) is 0 Å². The van der Waals surface area contributed by atoms with Crippen LogP contribution in [0.3, 0.4) is 0 Å². The van der Waals surface area contributed by atoms with Gasteiger partial charge in [0.05, 0.1) is 0 Å². The van der Waals surface area contributed by atoms with Gasteiger partial charge in [0.1, 0.15) is 5.69 Å². The van der Waals surface area contributed by atoms with Crippen molar-refractivity contribution in [1.29, 1.82) is 0 Å². The van der Waals surface area contributed by atoms with Crippen LogP contribution < -0.4 is 5.32 Å². The van der Waals surface area contributed by atoms with E-state index in [1.165, 1.54) is 0 Å². The van der Waals surface area contributed by atoms with Crippen LogP contribution in [-0.4, -0.2) is 40.5 Å². The lowest BCUT2D eigenvalue weighted by Gasteiger charge is -2.36. The normalized spacial score (nSPS) is 24.0. The van der Waals surface area contributed by atoms with E-state index in [1.807, 2.05) is 21.7 Å². The summed E-state index contributed by atoms with van der Waals surface area (Å²) in [5.74, 6) is 0.125. The lowest BCUT2D eigenvalue weighted by Crippen LogP contribution is -2.56. The van der Waals surface area contributed by atoms with E-state index in [2.05, 4.69) is 48.9 Å². The van der Waals surface area contributed by atoms with E-state index in [0.29, 0.717) is 12.1 Å². The van der Waals surface area contributed by atoms with Gasteiger partial charge in [-0.2, -0.15) is 0 Å². The van der Waals surface area contributed by atoms with Crippen molar-refractivity contribution in [2.45, 2.75) is 45.8 Å². The molecule has 1 aromatic heterocycles. The number of amides is 1. The fourth-order valence-corrected chi connectivity index (χ4v) is 3.14. The molecule has 106 valence electrons. The number of halogens is 1. The van der Waals surface area contributed by atoms with Crippen molar-refractivity contribution in [2.24, 2.45) is 0 Å². The summed E-state index contributed by atoms with van der Waals surface area (Å²) in [7, 11) is 0. The molecule has 0 bridgehead atoms. The van der Waals surface area contributed by atoms with E-state index in [-0.39, 0.29) is 11.9 Å². The van der Waals surface area contributed by atoms with Crippen LogP contribution >= 0.6 is 15.9 Å². The second-order valence-corrected chi connectivity index (χ2v) is 6.64. The number of hydrogen-bond acceptors (Lipinski definition) is 2. The van der Waals surface area contributed by atoms with Crippen molar-refractivity contribution < 1.29 is 4.79 Å². The summed E-state index contributed by atoms with van der Waals surface area (Å²) in [5, 5.41) is 3.45. The van der Waals surface area contributed by atoms with Gasteiger partial charge in [0, 0.05) is 41.9 Å². The van der Waals surface area contributed by atoms with Crippen LogP contribution in [0.25, 0.3) is 0 Å². The molecule has 0 spiro atoms. The molecule has 5 heteroatoms. The van der Waals surface area contributed by atoms with E-state index in [9.17, 15) is 4.79 Å². The Morgan fingerprint density at radius 1 is 1.37 bits per heavy atom. The first kappa shape index (κ1) is 14.6. The van der Waals surface area contributed by atoms with Gasteiger partial charge >= 0.3 is 0 Å². The Balaban J connectivity index is 2.24. The number of nitrogens with one attached hydrogen (secondary N) is 1. The molecular weight excluding hydrogens is 306 g/mol. The zero-order chi connectivity index (χ0) is 14.2. The Labute approximate surface area is 123 Å². The van der Waals surface area contributed by atoms with Gasteiger partial charge in [-0.15, -0.1) is 0 Å². The van der Waals surface area contributed by atoms with E-state index in [1.54, 1.807) is 0 Å². The highest BCUT2D eigenvalue weighted by Crippen LogP contribution is 2.21. The molecule has 19 heavy (non-hydrogen) atoms. The monoisotopic (exact) mass is 327 g/mol. The molecule has 1 saturated heterocycles. The first-order valence-corrected chi connectivity index (χ1v) is 7.60. The minimum Gasteiger partial charge on any atom is -0.340 e. The second kappa shape index (κ2) is 5.67. The number of carbonyl (C=O) groups is 1. The van der Waals surface area contributed by atoms with Crippen molar-refractivity contribution in [3.8, 4) is 0 Å². The van der Waals surface area contributed by atoms with Crippen molar-refractivity contribution in [3.63, 3.8) is 0 Å². The average molecular weight is 328 g/mol. The first-order chi connectivity index (χ1) is 8.88. The molecule has 2 heterocycles. The molecule has 0 radical (unpaired) electrons. The fraction of sp³-hybridized carbons (Fsp3) is 0.643. The Morgan fingerprint density at radius 3 is 2.47 bits per heavy atom. The molecule has 1 N–H and O–H groups in total. The first-order valence-electron chi connectivity index (χ1n) is 6.81. The largest absolute Gasteiger partial charge is 0.340 e. The van der Waals surface area contributed by atoms with Crippen LogP contribution in [0.1, 0.15) is 44.2 Å². The van der Waals surface area contributed by atoms with Gasteiger partial charge < -0.3 is 14.8 Å². The van der Waals surface area contributed by atoms with Gasteiger partial charge in [-0.3, -0.25) is 4.79 Å². The summed E-state index contributed by atoms with van der Waals surface area (Å²) in [6.07, 6.45) is 1.98. The Hall–Kier alpha value is -0.810. The topological polar surface area (TPSA) is 37.3 Å². The van der Waals surface area contributed by atoms with Gasteiger partial charge in [-0.1, -0.05) is 0 Å². The molecule has 0 aromatic carbocycles. The summed E-state index contributed by atoms with van der Waals surface area (Å²) in [5.41, 5.74) is 0.767. The third kappa shape index (κ3) is 3.20. The van der Waals surface area contributed by atoms with Crippen LogP contribution in [0, 0.1) is 0 Å². The van der Waals surface area contributed by atoms with E-state index >= 15 is 0 Å². The number of nitrogens with zero attached hydrogens (tertiary/aromatic N) is 2. The van der Waals surface area contributed by atoms with Gasteiger partial charge in [-0.25, -0.2) is 0 Å². The zero-order valence-corrected chi connectivity index (χ0v) is 13.6. The average Bonchev–Trinajstić information content (AvgIpc) is 2.69. The van der Waals surface area contributed by atoms with Crippen LogP contribution in [0.5, 0.6) is 0 Å². The van der Waals surface area contributed by atoms with E-state index < -0.39 is 0 Å². The molecule has 1 fully saturated rings. The predicted molar refractivity (Wildman–Crippen MR) is 80.5 cm³/mol. The number of carbonyl (C=O) groups excluding carboxylic acids is 1. The van der Waals surface area contributed by atoms with Crippen LogP contribution in [0.4, 0.5) is 0 Å². The summed E-state index contributed by atoms with van der Waals surface area (Å²) in [6, 6.07) is 2.89. The van der Waals surface area contributed by atoms with Gasteiger partial charge in [-0.05, 0) is 49.7 Å². The highest BCUT2D eigenvalue weighted by Gasteiger charge is 2.27. The van der Waals surface area contributed by atoms with E-state index in [0.717, 1.165) is 23.3 Å². The van der Waals surface area contributed by atoms with Crippen LogP contribution in [0.15, 0.2) is 16.7 Å². The number of aromatic nitrogens is 1. The quantitative estimate of drug-likeness (QED) is 0.906. The number of piperazine rings is 1. The second-order valence-electron chi connectivity index (χ2n) is 5.72. The molecule has 1 amide bonds. The number of rotatable bonds is 2. The highest BCUT2D eigenvalue weighted by atomic mass is 79.9. The molecule has 2 unspecified atom stereocenters. The lowest BCUT2D eigenvalue weighted by molar-refractivity contribution is 0.0661. The summed E-state index contributed by atoms with van der Waals surface area (Å²) >= 11 is 3.46. The van der Waals surface area contributed by atoms with Crippen molar-refractivity contribution in [2.75, 3.05) is 13.1 Å². The Kier molecular flexibility index (Phi) is 4.36. The molecule has 2 atom stereocenters. The molecular formula is C14H22BrN3O. The summed E-state index contributed by atoms with van der Waals surface area (Å²) in [4.78, 5) is 14.6. The lowest BCUT2D eigenvalue weighted by atomic mass is 10.1. The molecule has 0 aliphatic carbocycles. The summed E-state index contributed by atoms with van der Waals surface area (Å²) < 4.78 is 2.99. The predicted octanol–water partition coefficient (Wildman–Crippen LogP) is 2.65. The Bertz CT molecular complexity index is 459. The van der Waals surface area contributed by atoms with Crippen LogP contribution in [-0.2, 0) is 0 Å². The molecule has 1 aromatic rings. The van der Waals surface area contributed by atoms with Crippen LogP contribution in [0.2, 0.25) is 0 Å². The third-order valence-corrected chi connectivity index (χ3v) is 3.87. The zero-order valence-electron chi connectivity index (χ0n) is 12.0. The van der Waals surface area contributed by atoms with Gasteiger partial charge in [0.2, 0.25) is 0 Å². The molecule has 4 nitrogen and oxygen atoms in total. The van der Waals surface area contributed by atoms with Crippen molar-refractivity contribution in [1.82, 2.24) is 14.8 Å². The minimum absolute atomic E-state index is 0.125. The summed E-state index contributed by atoms with van der Waals surface area (Å²) in [6.45, 7) is 9.95. The molecule has 1 aliphatic heterocycles. The minimum atomic E-state index is 0.125. The molecule has 2 rings (SSSR count). The van der Waals surface area contributed by atoms with Crippen molar-refractivity contribution >= 4 is 21.8 Å². The maximum absolute atomic E-state index is 12.7. The maximum atomic E-state index is 12.7. The fourth-order valence-electron chi connectivity index (χ4n) is 2.70. The highest BCUT2D eigenvalue weighted by molar-refractivity contribution is 9.10. The third-order valence-electron chi connectivity index (χ3n) is 3.44.